The molecule has 2 fully saturated rings. The van der Waals surface area contributed by atoms with E-state index in [2.05, 4.69) is 135 Å². The molecule has 0 aromatic rings. The van der Waals surface area contributed by atoms with Crippen molar-refractivity contribution in [3.63, 3.8) is 0 Å². The quantitative estimate of drug-likeness (QED) is 0.108. The number of hydrogen-bond donors (Lipinski definition) is 2. The van der Waals surface area contributed by atoms with E-state index in [4.69, 9.17) is 18.5 Å². The third-order valence-corrected chi connectivity index (χ3v) is 128. The molecule has 0 aromatic carbocycles. The van der Waals surface area contributed by atoms with Crippen molar-refractivity contribution in [2.45, 2.75) is 83.9 Å². The summed E-state index contributed by atoms with van der Waals surface area (Å²) in [6.45, 7) is 6.80. The minimum atomic E-state index is -1.17. The zero-order valence-corrected chi connectivity index (χ0v) is 52.6. The van der Waals surface area contributed by atoms with Gasteiger partial charge in [-0.15, -0.1) is 98.2 Å². The van der Waals surface area contributed by atoms with Gasteiger partial charge < -0.3 is 28.7 Å². The first-order valence-corrected chi connectivity index (χ1v) is 55.5. The van der Waals surface area contributed by atoms with Gasteiger partial charge in [0.25, 0.3) is 0 Å². The molecule has 51 heavy (non-hydrogen) atoms. The summed E-state index contributed by atoms with van der Waals surface area (Å²) >= 11 is 0. The number of carbonyl (C=O) groups is 1. The maximum absolute atomic E-state index is 13.6. The Morgan fingerprint density at radius 1 is 0.824 bits per heavy atom. The van der Waals surface area contributed by atoms with E-state index in [1.165, 1.54) is 0 Å². The molecule has 294 valence electrons. The molecule has 3 aliphatic carbocycles. The number of carbonyl (C=O) groups excluding carboxylic acids is 1. The lowest BCUT2D eigenvalue weighted by atomic mass is 9.49. The maximum Gasteiger partial charge on any atom is 0.509 e. The van der Waals surface area contributed by atoms with E-state index in [0.717, 1.165) is 16.7 Å². The highest BCUT2D eigenvalue weighted by atomic mass is 33.2. The van der Waals surface area contributed by atoms with Crippen molar-refractivity contribution in [3.8, 4) is 0 Å². The van der Waals surface area contributed by atoms with E-state index in [1.54, 1.807) is 0 Å². The fourth-order valence-electron chi connectivity index (χ4n) is 7.70. The molecule has 0 aromatic heterocycles. The maximum atomic E-state index is 13.6. The lowest BCUT2D eigenvalue weighted by Gasteiger charge is -2.60. The summed E-state index contributed by atoms with van der Waals surface area (Å²) in [5.74, 6) is -0.474. The van der Waals surface area contributed by atoms with Crippen LogP contribution in [0.3, 0.4) is 0 Å². The van der Waals surface area contributed by atoms with E-state index in [9.17, 15) is 15.0 Å². The standard InChI is InChI=1S/C21H53O7P23/c1-9-6-13(22)20(5)7-12(28-42(44(30)31)50(41-29)46(34)35)14-10(2)11(27-43(49(40)45(32)33)51(47(36)37)48(38)39)8-21(19(14,3)4)17(15(20)16(9)23)25-18(24)26-21/h11-13,15,17,22-23,41H,6-8,29-40H2,1-5H3/t11-,12+,13-,15-,17-,20+,21+,42?,43?,49?,50?/m0/s1. The third-order valence-electron chi connectivity index (χ3n) is 10.1. The van der Waals surface area contributed by atoms with Gasteiger partial charge in [-0.25, -0.2) is 4.79 Å². The first kappa shape index (κ1) is 51.9. The molecule has 2 bridgehead atoms. The Kier molecular flexibility index (Phi) is 21.9. The second-order valence-electron chi connectivity index (χ2n) is 13.4. The number of aliphatic hydroxyl groups is 2. The summed E-state index contributed by atoms with van der Waals surface area (Å²) in [4.78, 5) is 13.6. The fourth-order valence-corrected chi connectivity index (χ4v) is 170. The van der Waals surface area contributed by atoms with Crippen LogP contribution >= 0.6 is 186 Å². The molecule has 1 saturated heterocycles. The molecule has 24 atom stereocenters. The van der Waals surface area contributed by atoms with Crippen LogP contribution in [0.2, 0.25) is 0 Å². The van der Waals surface area contributed by atoms with Gasteiger partial charge in [0.15, 0.2) is 11.7 Å². The highest BCUT2D eigenvalue weighted by molar-refractivity contribution is 9.19. The second kappa shape index (κ2) is 21.5. The van der Waals surface area contributed by atoms with Crippen LogP contribution in [0.5, 0.6) is 0 Å². The van der Waals surface area contributed by atoms with Crippen molar-refractivity contribution >= 4 is 192 Å². The molecule has 2 N–H and O–H groups in total. The Labute approximate surface area is 346 Å². The van der Waals surface area contributed by atoms with Crippen LogP contribution < -0.4 is 0 Å². The minimum absolute atomic E-state index is 0.199. The minimum Gasteiger partial charge on any atom is -0.512 e. The first-order chi connectivity index (χ1) is 23.5. The zero-order valence-electron chi connectivity index (χ0n) is 28.8. The molecule has 30 heteroatoms. The molecule has 0 amide bonds. The molecule has 4 rings (SSSR count). The molecule has 17 unspecified atom stereocenters. The van der Waals surface area contributed by atoms with Gasteiger partial charge in [0, 0.05) is 38.2 Å². The summed E-state index contributed by atoms with van der Waals surface area (Å²) in [6, 6.07) is 0. The lowest BCUT2D eigenvalue weighted by Crippen LogP contribution is -2.66. The number of ether oxygens (including phenoxy) is 2. The number of hydrogen-bond acceptors (Lipinski definition) is 7. The third kappa shape index (κ3) is 10.9. The predicted octanol–water partition coefficient (Wildman–Crippen LogP) is 16.4. The van der Waals surface area contributed by atoms with E-state index in [-0.39, 0.29) is 18.9 Å². The molecular weight excluding hydrogens is 1080 g/mol. The fraction of sp³-hybridized carbons (Fsp3) is 0.762. The van der Waals surface area contributed by atoms with Crippen molar-refractivity contribution in [3.05, 3.63) is 22.5 Å². The van der Waals surface area contributed by atoms with E-state index < -0.39 is 111 Å². The lowest BCUT2D eigenvalue weighted by molar-refractivity contribution is -0.159. The van der Waals surface area contributed by atoms with Gasteiger partial charge in [-0.05, 0) is 78.3 Å². The Morgan fingerprint density at radius 2 is 1.39 bits per heavy atom. The van der Waals surface area contributed by atoms with Crippen LogP contribution in [-0.2, 0) is 18.5 Å². The highest BCUT2D eigenvalue weighted by Gasteiger charge is 2.72. The topological polar surface area (TPSA) is 94.5 Å². The number of fused-ring (bicyclic) bond motifs is 3. The van der Waals surface area contributed by atoms with Gasteiger partial charge in [-0.1, -0.05) is 37.7 Å². The molecular formula is C21H53O7P23. The van der Waals surface area contributed by atoms with Crippen LogP contribution in [0.25, 0.3) is 0 Å². The van der Waals surface area contributed by atoms with Gasteiger partial charge in [-0.2, -0.15) is 0 Å². The molecule has 1 heterocycles. The van der Waals surface area contributed by atoms with Crippen LogP contribution in [0, 0.1) is 16.7 Å². The van der Waals surface area contributed by atoms with Crippen molar-refractivity contribution in [1.29, 1.82) is 0 Å². The average molecular weight is 1130 g/mol. The summed E-state index contributed by atoms with van der Waals surface area (Å²) in [5, 5.41) is 24.1. The zero-order chi connectivity index (χ0) is 38.7. The van der Waals surface area contributed by atoms with Crippen LogP contribution in [0.15, 0.2) is 22.5 Å². The smallest absolute Gasteiger partial charge is 0.509 e. The van der Waals surface area contributed by atoms with E-state index in [0.29, 0.717) is 27.2 Å². The summed E-state index contributed by atoms with van der Waals surface area (Å²) < 4.78 is 28.1. The van der Waals surface area contributed by atoms with Gasteiger partial charge in [0.1, 0.15) is 0 Å². The first-order valence-electron chi connectivity index (χ1n) is 15.2. The van der Waals surface area contributed by atoms with Gasteiger partial charge in [0.2, 0.25) is 0 Å². The summed E-state index contributed by atoms with van der Waals surface area (Å²) in [5.41, 5.74) is 0.215. The Balaban J connectivity index is 2.05. The predicted molar refractivity (Wildman–Crippen MR) is 291 cm³/mol. The molecule has 1 saturated carbocycles. The van der Waals surface area contributed by atoms with Crippen molar-refractivity contribution < 1.29 is 33.5 Å². The van der Waals surface area contributed by atoms with Gasteiger partial charge in [0.05, 0.1) is 45.0 Å². The Hall–Kier alpha value is 8.32. The number of rotatable bonds is 13. The van der Waals surface area contributed by atoms with Gasteiger partial charge in [-0.3, -0.25) is 0 Å². The van der Waals surface area contributed by atoms with Crippen molar-refractivity contribution in [2.75, 3.05) is 0 Å². The molecule has 4 aliphatic rings. The van der Waals surface area contributed by atoms with Gasteiger partial charge >= 0.3 is 6.16 Å². The van der Waals surface area contributed by atoms with Crippen molar-refractivity contribution in [1.82, 2.24) is 0 Å². The molecule has 7 nitrogen and oxygen atoms in total. The normalized spacial score (nSPS) is 35.1. The van der Waals surface area contributed by atoms with E-state index in [1.807, 2.05) is 6.92 Å². The summed E-state index contributed by atoms with van der Waals surface area (Å²) in [6.07, 6.45) is -1.82. The van der Waals surface area contributed by atoms with Crippen molar-refractivity contribution in [2.24, 2.45) is 16.7 Å². The van der Waals surface area contributed by atoms with E-state index >= 15 is 0 Å². The number of aliphatic hydroxyl groups excluding tert-OH is 2. The Morgan fingerprint density at radius 3 is 1.88 bits per heavy atom. The van der Waals surface area contributed by atoms with Crippen LogP contribution in [0.4, 0.5) is 4.79 Å². The Bertz CT molecular complexity index is 1340. The van der Waals surface area contributed by atoms with Crippen LogP contribution in [-0.4, -0.2) is 46.4 Å². The highest BCUT2D eigenvalue weighted by Crippen LogP contribution is 3.18. The average Bonchev–Trinajstić information content (AvgIpc) is 3.33. The summed E-state index contributed by atoms with van der Waals surface area (Å²) in [7, 11) is 35.9. The SMILES string of the molecule is CC1=C(O)[C@H]2[C@@H]3OC(=O)O[C@]34C[C@H](OP(P(P)P(P)P)P(P(P)P)P(P)P)C(C)=C([C@H](OP(P(P)P)P(PP)P(P)P)C[C@]2(C)[C@@H](O)C1)C4(C)C. The largest absolute Gasteiger partial charge is 0.512 e. The van der Waals surface area contributed by atoms with Crippen LogP contribution in [0.1, 0.15) is 53.9 Å². The monoisotopic (exact) mass is 1130 g/mol. The molecule has 1 aliphatic heterocycles. The molecule has 1 spiro atoms. The molecule has 0 radical (unpaired) electrons. The second-order valence-corrected chi connectivity index (χ2v) is 96.7.